The van der Waals surface area contributed by atoms with Gasteiger partial charge in [0.05, 0.1) is 19.9 Å². The number of piperidine rings is 1. The van der Waals surface area contributed by atoms with E-state index in [0.29, 0.717) is 5.92 Å². The Hall–Kier alpha value is -2.30. The van der Waals surface area contributed by atoms with Gasteiger partial charge in [-0.3, -0.25) is 4.98 Å². The lowest BCUT2D eigenvalue weighted by molar-refractivity contribution is 0.228. The van der Waals surface area contributed by atoms with Crippen LogP contribution in [0.5, 0.6) is 11.5 Å². The highest BCUT2D eigenvalue weighted by atomic mass is 16.5. The molecule has 1 atom stereocenters. The van der Waals surface area contributed by atoms with Crippen molar-refractivity contribution in [2.75, 3.05) is 31.7 Å². The maximum absolute atomic E-state index is 5.91. The molecule has 1 fully saturated rings. The van der Waals surface area contributed by atoms with Crippen LogP contribution < -0.4 is 14.4 Å². The third-order valence-electron chi connectivity index (χ3n) is 3.94. The second-order valence-electron chi connectivity index (χ2n) is 5.50. The number of rotatable bonds is 5. The van der Waals surface area contributed by atoms with Crippen LogP contribution in [0.1, 0.15) is 12.8 Å². The maximum atomic E-state index is 5.91. The molecule has 1 aromatic heterocycles. The average Bonchev–Trinajstić information content (AvgIpc) is 2.61. The van der Waals surface area contributed by atoms with Gasteiger partial charge in [0.2, 0.25) is 0 Å². The molecule has 0 aliphatic carbocycles. The zero-order valence-electron chi connectivity index (χ0n) is 12.8. The highest BCUT2D eigenvalue weighted by Gasteiger charge is 2.21. The molecule has 0 radical (unpaired) electrons. The number of anilines is 1. The largest absolute Gasteiger partial charge is 0.497 e. The standard InChI is InChI=1S/C17H21N3O2/c1-21-15-4-6-16(7-5-15)22-13-14-3-2-10-20(12-14)17-11-18-8-9-19-17/h4-9,11,14H,2-3,10,12-13H2,1H3. The van der Waals surface area contributed by atoms with Crippen LogP contribution in [0.2, 0.25) is 0 Å². The van der Waals surface area contributed by atoms with Gasteiger partial charge in [0.15, 0.2) is 0 Å². The highest BCUT2D eigenvalue weighted by Crippen LogP contribution is 2.23. The van der Waals surface area contributed by atoms with Crippen LogP contribution in [-0.2, 0) is 0 Å². The summed E-state index contributed by atoms with van der Waals surface area (Å²) < 4.78 is 11.1. The second-order valence-corrected chi connectivity index (χ2v) is 5.50. The summed E-state index contributed by atoms with van der Waals surface area (Å²) in [6.07, 6.45) is 7.62. The van der Waals surface area contributed by atoms with Crippen molar-refractivity contribution in [2.24, 2.45) is 5.92 Å². The molecule has 2 heterocycles. The van der Waals surface area contributed by atoms with Gasteiger partial charge in [0, 0.05) is 31.4 Å². The molecule has 3 rings (SSSR count). The molecule has 0 spiro atoms. The number of ether oxygens (including phenoxy) is 2. The second kappa shape index (κ2) is 7.11. The molecule has 116 valence electrons. The van der Waals surface area contributed by atoms with Crippen LogP contribution >= 0.6 is 0 Å². The minimum absolute atomic E-state index is 0.512. The predicted molar refractivity (Wildman–Crippen MR) is 85.5 cm³/mol. The smallest absolute Gasteiger partial charge is 0.147 e. The Balaban J connectivity index is 1.54. The van der Waals surface area contributed by atoms with E-state index in [1.807, 2.05) is 30.5 Å². The Labute approximate surface area is 130 Å². The summed E-state index contributed by atoms with van der Waals surface area (Å²) in [7, 11) is 1.67. The number of nitrogens with zero attached hydrogens (tertiary/aromatic N) is 3. The van der Waals surface area contributed by atoms with Crippen LogP contribution in [0.3, 0.4) is 0 Å². The first-order chi connectivity index (χ1) is 10.8. The van der Waals surface area contributed by atoms with Crippen LogP contribution in [0.4, 0.5) is 5.82 Å². The molecule has 1 aliphatic heterocycles. The van der Waals surface area contributed by atoms with Gasteiger partial charge in [-0.05, 0) is 37.1 Å². The van der Waals surface area contributed by atoms with Crippen LogP contribution in [0, 0.1) is 5.92 Å². The van der Waals surface area contributed by atoms with Crippen molar-refractivity contribution in [1.29, 1.82) is 0 Å². The summed E-state index contributed by atoms with van der Waals surface area (Å²) in [6.45, 7) is 2.73. The number of benzene rings is 1. The minimum Gasteiger partial charge on any atom is -0.497 e. The van der Waals surface area contributed by atoms with Crippen molar-refractivity contribution in [3.8, 4) is 11.5 Å². The fraction of sp³-hybridized carbons (Fsp3) is 0.412. The molecule has 5 heteroatoms. The van der Waals surface area contributed by atoms with Gasteiger partial charge >= 0.3 is 0 Å². The molecule has 0 saturated carbocycles. The maximum Gasteiger partial charge on any atom is 0.147 e. The Bertz CT molecular complexity index is 574. The molecule has 0 amide bonds. The monoisotopic (exact) mass is 299 g/mol. The van der Waals surface area contributed by atoms with Gasteiger partial charge in [-0.1, -0.05) is 0 Å². The van der Waals surface area contributed by atoms with Crippen LogP contribution in [-0.4, -0.2) is 36.8 Å². The Morgan fingerprint density at radius 3 is 2.73 bits per heavy atom. The molecule has 22 heavy (non-hydrogen) atoms. The minimum atomic E-state index is 0.512. The quantitative estimate of drug-likeness (QED) is 0.849. The van der Waals surface area contributed by atoms with Crippen molar-refractivity contribution >= 4 is 5.82 Å². The number of hydrogen-bond acceptors (Lipinski definition) is 5. The van der Waals surface area contributed by atoms with Gasteiger partial charge in [0.25, 0.3) is 0 Å². The lowest BCUT2D eigenvalue weighted by Crippen LogP contribution is -2.38. The number of hydrogen-bond donors (Lipinski definition) is 0. The summed E-state index contributed by atoms with van der Waals surface area (Å²) in [5.41, 5.74) is 0. The van der Waals surface area contributed by atoms with Gasteiger partial charge < -0.3 is 14.4 Å². The zero-order chi connectivity index (χ0) is 15.2. The molecule has 1 aliphatic rings. The molecule has 1 aromatic carbocycles. The Morgan fingerprint density at radius 1 is 1.18 bits per heavy atom. The summed E-state index contributed by atoms with van der Waals surface area (Å²) in [5.74, 6) is 3.20. The van der Waals surface area contributed by atoms with E-state index in [4.69, 9.17) is 9.47 Å². The SMILES string of the molecule is COc1ccc(OCC2CCCN(c3cnccn3)C2)cc1. The molecule has 0 N–H and O–H groups in total. The van der Waals surface area contributed by atoms with Gasteiger partial charge in [-0.15, -0.1) is 0 Å². The van der Waals surface area contributed by atoms with E-state index in [2.05, 4.69) is 14.9 Å². The third-order valence-corrected chi connectivity index (χ3v) is 3.94. The van der Waals surface area contributed by atoms with E-state index in [0.717, 1.165) is 43.4 Å². The number of methoxy groups -OCH3 is 1. The molecule has 1 unspecified atom stereocenters. The fourth-order valence-electron chi connectivity index (χ4n) is 2.75. The summed E-state index contributed by atoms with van der Waals surface area (Å²) >= 11 is 0. The lowest BCUT2D eigenvalue weighted by Gasteiger charge is -2.33. The van der Waals surface area contributed by atoms with Crippen molar-refractivity contribution < 1.29 is 9.47 Å². The van der Waals surface area contributed by atoms with Crippen molar-refractivity contribution in [3.05, 3.63) is 42.9 Å². The van der Waals surface area contributed by atoms with Crippen LogP contribution in [0.15, 0.2) is 42.9 Å². The summed E-state index contributed by atoms with van der Waals surface area (Å²) in [4.78, 5) is 10.8. The fourth-order valence-corrected chi connectivity index (χ4v) is 2.75. The third kappa shape index (κ3) is 3.67. The Kier molecular flexibility index (Phi) is 4.73. The predicted octanol–water partition coefficient (Wildman–Crippen LogP) is 2.78. The first-order valence-electron chi connectivity index (χ1n) is 7.63. The van der Waals surface area contributed by atoms with Crippen LogP contribution in [0.25, 0.3) is 0 Å². The molecule has 1 saturated heterocycles. The molecule has 0 bridgehead atoms. The van der Waals surface area contributed by atoms with E-state index in [9.17, 15) is 0 Å². The summed E-state index contributed by atoms with van der Waals surface area (Å²) in [5, 5.41) is 0. The molecular formula is C17H21N3O2. The van der Waals surface area contributed by atoms with Crippen molar-refractivity contribution in [1.82, 2.24) is 9.97 Å². The van der Waals surface area contributed by atoms with Crippen molar-refractivity contribution in [2.45, 2.75) is 12.8 Å². The molecule has 5 nitrogen and oxygen atoms in total. The highest BCUT2D eigenvalue weighted by molar-refractivity contribution is 5.35. The van der Waals surface area contributed by atoms with E-state index < -0.39 is 0 Å². The first-order valence-corrected chi connectivity index (χ1v) is 7.63. The van der Waals surface area contributed by atoms with E-state index >= 15 is 0 Å². The normalized spacial score (nSPS) is 18.0. The van der Waals surface area contributed by atoms with Gasteiger partial charge in [-0.25, -0.2) is 4.98 Å². The summed E-state index contributed by atoms with van der Waals surface area (Å²) in [6, 6.07) is 7.73. The van der Waals surface area contributed by atoms with E-state index in [1.165, 1.54) is 6.42 Å². The topological polar surface area (TPSA) is 47.5 Å². The molecule has 2 aromatic rings. The van der Waals surface area contributed by atoms with E-state index in [1.54, 1.807) is 19.5 Å². The van der Waals surface area contributed by atoms with Crippen molar-refractivity contribution in [3.63, 3.8) is 0 Å². The molecular weight excluding hydrogens is 278 g/mol. The average molecular weight is 299 g/mol. The van der Waals surface area contributed by atoms with E-state index in [-0.39, 0.29) is 0 Å². The number of aromatic nitrogens is 2. The lowest BCUT2D eigenvalue weighted by atomic mass is 9.99. The van der Waals surface area contributed by atoms with Gasteiger partial charge in [-0.2, -0.15) is 0 Å². The Morgan fingerprint density at radius 2 is 2.00 bits per heavy atom. The first kappa shape index (κ1) is 14.6. The zero-order valence-corrected chi connectivity index (χ0v) is 12.8. The van der Waals surface area contributed by atoms with Gasteiger partial charge in [0.1, 0.15) is 17.3 Å².